The fourth-order valence-corrected chi connectivity index (χ4v) is 5.02. The minimum atomic E-state index is -0.158. The van der Waals surface area contributed by atoms with Crippen molar-refractivity contribution in [1.82, 2.24) is 14.7 Å². The molecule has 5 nitrogen and oxygen atoms in total. The third-order valence-electron chi connectivity index (χ3n) is 6.74. The molecule has 33 heavy (non-hydrogen) atoms. The van der Waals surface area contributed by atoms with Crippen LogP contribution in [0.3, 0.4) is 0 Å². The van der Waals surface area contributed by atoms with Crippen molar-refractivity contribution in [3.63, 3.8) is 0 Å². The number of benzene rings is 3. The first-order valence-corrected chi connectivity index (χ1v) is 11.7. The van der Waals surface area contributed by atoms with Gasteiger partial charge in [0.1, 0.15) is 0 Å². The molecular formula is C28H29N3O2. The molecular weight excluding hydrogens is 410 g/mol. The summed E-state index contributed by atoms with van der Waals surface area (Å²) in [5.41, 5.74) is 3.71. The number of hydrogen-bond acceptors (Lipinski definition) is 4. The van der Waals surface area contributed by atoms with Crippen molar-refractivity contribution in [2.24, 2.45) is 0 Å². The summed E-state index contributed by atoms with van der Waals surface area (Å²) in [5.74, 6) is -0.317. The van der Waals surface area contributed by atoms with E-state index in [0.717, 1.165) is 39.1 Å². The number of hydrogen-bond donors (Lipinski definition) is 0. The highest BCUT2D eigenvalue weighted by atomic mass is 16.2. The Kier molecular flexibility index (Phi) is 6.33. The molecule has 1 saturated heterocycles. The summed E-state index contributed by atoms with van der Waals surface area (Å²) in [6, 6.07) is 28.8. The maximum Gasteiger partial charge on any atom is 0.261 e. The van der Waals surface area contributed by atoms with Gasteiger partial charge >= 0.3 is 0 Å². The van der Waals surface area contributed by atoms with Crippen molar-refractivity contribution in [3.05, 3.63) is 107 Å². The van der Waals surface area contributed by atoms with Crippen LogP contribution in [0.5, 0.6) is 0 Å². The van der Waals surface area contributed by atoms with Gasteiger partial charge in [-0.15, -0.1) is 0 Å². The predicted molar refractivity (Wildman–Crippen MR) is 129 cm³/mol. The van der Waals surface area contributed by atoms with Crippen LogP contribution in [0.1, 0.15) is 44.3 Å². The largest absolute Gasteiger partial charge is 0.301 e. The summed E-state index contributed by atoms with van der Waals surface area (Å²) in [6.45, 7) is 5.31. The first-order chi connectivity index (χ1) is 16.2. The summed E-state index contributed by atoms with van der Waals surface area (Å²) >= 11 is 0. The lowest BCUT2D eigenvalue weighted by atomic mass is 9.96. The number of imide groups is 1. The van der Waals surface area contributed by atoms with Gasteiger partial charge in [-0.3, -0.25) is 19.4 Å². The van der Waals surface area contributed by atoms with E-state index in [0.29, 0.717) is 17.7 Å². The molecule has 0 unspecified atom stereocenters. The fraction of sp³-hybridized carbons (Fsp3) is 0.286. The van der Waals surface area contributed by atoms with Crippen molar-refractivity contribution in [1.29, 1.82) is 0 Å². The molecule has 5 rings (SSSR count). The minimum Gasteiger partial charge on any atom is -0.301 e. The zero-order valence-electron chi connectivity index (χ0n) is 18.8. The van der Waals surface area contributed by atoms with Gasteiger partial charge < -0.3 is 4.90 Å². The monoisotopic (exact) mass is 439 g/mol. The van der Waals surface area contributed by atoms with Crippen LogP contribution >= 0.6 is 0 Å². The summed E-state index contributed by atoms with van der Waals surface area (Å²) < 4.78 is 0. The lowest BCUT2D eigenvalue weighted by Gasteiger charge is -2.40. The maximum atomic E-state index is 12.6. The minimum absolute atomic E-state index is 0.158. The topological polar surface area (TPSA) is 43.9 Å². The van der Waals surface area contributed by atoms with Crippen LogP contribution in [-0.2, 0) is 0 Å². The van der Waals surface area contributed by atoms with Gasteiger partial charge in [0.05, 0.1) is 17.2 Å². The van der Waals surface area contributed by atoms with Gasteiger partial charge in [0, 0.05) is 32.7 Å². The smallest absolute Gasteiger partial charge is 0.261 e. The summed E-state index contributed by atoms with van der Waals surface area (Å²) in [7, 11) is 0. The number of carbonyl (C=O) groups is 2. The van der Waals surface area contributed by atoms with Gasteiger partial charge in [-0.25, -0.2) is 0 Å². The van der Waals surface area contributed by atoms with Crippen LogP contribution in [0.25, 0.3) is 0 Å². The highest BCUT2D eigenvalue weighted by molar-refractivity contribution is 6.21. The SMILES string of the molecule is O=C1c2ccccc2C(=O)N1CCCN1CCN(C(c2ccccc2)c2ccccc2)CC1. The van der Waals surface area contributed by atoms with Gasteiger partial charge in [-0.2, -0.15) is 0 Å². The number of carbonyl (C=O) groups excluding carboxylic acids is 2. The molecule has 5 heteroatoms. The van der Waals surface area contributed by atoms with E-state index < -0.39 is 0 Å². The Balaban J connectivity index is 1.17. The second kappa shape index (κ2) is 9.69. The lowest BCUT2D eigenvalue weighted by Crippen LogP contribution is -2.48. The van der Waals surface area contributed by atoms with Gasteiger partial charge in [-0.1, -0.05) is 72.8 Å². The van der Waals surface area contributed by atoms with Crippen molar-refractivity contribution >= 4 is 11.8 Å². The molecule has 0 atom stereocenters. The molecule has 0 N–H and O–H groups in total. The van der Waals surface area contributed by atoms with Crippen LogP contribution in [0.15, 0.2) is 84.9 Å². The first kappa shape index (κ1) is 21.6. The van der Waals surface area contributed by atoms with Gasteiger partial charge in [0.15, 0.2) is 0 Å². The molecule has 0 radical (unpaired) electrons. The van der Waals surface area contributed by atoms with Crippen LogP contribution < -0.4 is 0 Å². The van der Waals surface area contributed by atoms with E-state index >= 15 is 0 Å². The molecule has 0 saturated carbocycles. The number of amides is 2. The molecule has 2 aliphatic heterocycles. The Morgan fingerprint density at radius 2 is 1.09 bits per heavy atom. The third kappa shape index (κ3) is 4.47. The molecule has 0 aromatic heterocycles. The molecule has 3 aromatic rings. The summed E-state index contributed by atoms with van der Waals surface area (Å²) in [6.07, 6.45) is 0.798. The Hall–Kier alpha value is -3.28. The molecule has 0 aliphatic carbocycles. The van der Waals surface area contributed by atoms with Crippen molar-refractivity contribution in [3.8, 4) is 0 Å². The normalized spacial score (nSPS) is 17.1. The zero-order chi connectivity index (χ0) is 22.6. The average Bonchev–Trinajstić information content (AvgIpc) is 3.11. The Bertz CT molecular complexity index is 1030. The molecule has 2 heterocycles. The molecule has 3 aromatic carbocycles. The van der Waals surface area contributed by atoms with Crippen molar-refractivity contribution in [2.45, 2.75) is 12.5 Å². The molecule has 1 fully saturated rings. The lowest BCUT2D eigenvalue weighted by molar-refractivity contribution is 0.0637. The quantitative estimate of drug-likeness (QED) is 0.521. The van der Waals surface area contributed by atoms with Gasteiger partial charge in [0.2, 0.25) is 0 Å². The predicted octanol–water partition coefficient (Wildman–Crippen LogP) is 4.08. The summed E-state index contributed by atoms with van der Waals surface area (Å²) in [4.78, 5) is 31.5. The van der Waals surface area contributed by atoms with Crippen LogP contribution in [0.2, 0.25) is 0 Å². The van der Waals surface area contributed by atoms with E-state index in [1.165, 1.54) is 16.0 Å². The highest BCUT2D eigenvalue weighted by Gasteiger charge is 2.34. The molecule has 2 amide bonds. The molecule has 0 bridgehead atoms. The summed E-state index contributed by atoms with van der Waals surface area (Å²) in [5, 5.41) is 0. The Morgan fingerprint density at radius 3 is 1.61 bits per heavy atom. The van der Waals surface area contributed by atoms with E-state index in [2.05, 4.69) is 70.5 Å². The van der Waals surface area contributed by atoms with Crippen molar-refractivity contribution in [2.75, 3.05) is 39.3 Å². The molecule has 0 spiro atoms. The molecule has 2 aliphatic rings. The number of rotatable bonds is 7. The number of fused-ring (bicyclic) bond motifs is 1. The Morgan fingerprint density at radius 1 is 0.606 bits per heavy atom. The van der Waals surface area contributed by atoms with E-state index in [4.69, 9.17) is 0 Å². The third-order valence-corrected chi connectivity index (χ3v) is 6.74. The van der Waals surface area contributed by atoms with E-state index in [-0.39, 0.29) is 17.9 Å². The van der Waals surface area contributed by atoms with E-state index in [1.54, 1.807) is 12.1 Å². The molecule has 168 valence electrons. The zero-order valence-corrected chi connectivity index (χ0v) is 18.8. The van der Waals surface area contributed by atoms with Crippen molar-refractivity contribution < 1.29 is 9.59 Å². The van der Waals surface area contributed by atoms with E-state index in [1.807, 2.05) is 12.1 Å². The van der Waals surface area contributed by atoms with Crippen LogP contribution in [0.4, 0.5) is 0 Å². The second-order valence-corrected chi connectivity index (χ2v) is 8.76. The second-order valence-electron chi connectivity index (χ2n) is 8.76. The Labute approximate surface area is 195 Å². The van der Waals surface area contributed by atoms with Crippen LogP contribution in [0, 0.1) is 0 Å². The maximum absolute atomic E-state index is 12.6. The average molecular weight is 440 g/mol. The van der Waals surface area contributed by atoms with Gasteiger partial charge in [0.25, 0.3) is 11.8 Å². The number of nitrogens with zero attached hydrogens (tertiary/aromatic N) is 3. The fourth-order valence-electron chi connectivity index (χ4n) is 5.02. The number of piperazine rings is 1. The standard InChI is InChI=1S/C28H29N3O2/c32-27-24-14-7-8-15-25(24)28(33)31(27)17-9-16-29-18-20-30(21-19-29)26(22-10-3-1-4-11-22)23-12-5-2-6-13-23/h1-8,10-15,26H,9,16-21H2. The highest BCUT2D eigenvalue weighted by Crippen LogP contribution is 2.29. The van der Waals surface area contributed by atoms with Gasteiger partial charge in [-0.05, 0) is 36.2 Å². The van der Waals surface area contributed by atoms with Crippen LogP contribution in [-0.4, -0.2) is 65.8 Å². The first-order valence-electron chi connectivity index (χ1n) is 11.7. The van der Waals surface area contributed by atoms with E-state index in [9.17, 15) is 9.59 Å².